The van der Waals surface area contributed by atoms with Crippen LogP contribution in [0.3, 0.4) is 0 Å². The van der Waals surface area contributed by atoms with Gasteiger partial charge in [0.1, 0.15) is 17.9 Å². The van der Waals surface area contributed by atoms with Crippen LogP contribution < -0.4 is 5.32 Å². The predicted molar refractivity (Wildman–Crippen MR) is 86.6 cm³/mol. The van der Waals surface area contributed by atoms with E-state index in [9.17, 15) is 18.0 Å². The molecular formula is C17H15F3N4O. The second-order valence-electron chi connectivity index (χ2n) is 5.42. The third-order valence-corrected chi connectivity index (χ3v) is 3.73. The Hall–Kier alpha value is -2.90. The molecule has 0 fully saturated rings. The van der Waals surface area contributed by atoms with E-state index < -0.39 is 17.8 Å². The molecule has 0 aliphatic carbocycles. The minimum Gasteiger partial charge on any atom is -0.355 e. The van der Waals surface area contributed by atoms with Gasteiger partial charge in [0, 0.05) is 18.3 Å². The number of nitrogens with one attached hydrogen (secondary N) is 1. The van der Waals surface area contributed by atoms with Crippen LogP contribution in [0.1, 0.15) is 18.9 Å². The van der Waals surface area contributed by atoms with Crippen LogP contribution >= 0.6 is 0 Å². The van der Waals surface area contributed by atoms with Gasteiger partial charge in [-0.25, -0.2) is 13.2 Å². The third kappa shape index (κ3) is 3.47. The van der Waals surface area contributed by atoms with Gasteiger partial charge in [0.15, 0.2) is 0 Å². The summed E-state index contributed by atoms with van der Waals surface area (Å²) in [6.07, 6.45) is 0.121. The average molecular weight is 348 g/mol. The number of pyridine rings is 1. The van der Waals surface area contributed by atoms with Crippen LogP contribution in [0.15, 0.2) is 36.7 Å². The minimum atomic E-state index is -2.90. The number of carbonyl (C=O) groups excluding carboxylic acids is 1. The Morgan fingerprint density at radius 1 is 1.24 bits per heavy atom. The van der Waals surface area contributed by atoms with Gasteiger partial charge in [-0.15, -0.1) is 0 Å². The van der Waals surface area contributed by atoms with Crippen LogP contribution in [0.2, 0.25) is 0 Å². The van der Waals surface area contributed by atoms with Crippen LogP contribution in [0.5, 0.6) is 0 Å². The lowest BCUT2D eigenvalue weighted by atomic mass is 10.0. The van der Waals surface area contributed by atoms with Crippen LogP contribution in [0.4, 0.5) is 13.2 Å². The van der Waals surface area contributed by atoms with Crippen molar-refractivity contribution in [2.45, 2.75) is 19.9 Å². The molecule has 0 unspecified atom stereocenters. The summed E-state index contributed by atoms with van der Waals surface area (Å²) >= 11 is 0. The van der Waals surface area contributed by atoms with E-state index in [1.165, 1.54) is 23.1 Å². The van der Waals surface area contributed by atoms with Gasteiger partial charge in [-0.1, -0.05) is 6.07 Å². The smallest absolute Gasteiger partial charge is 0.266 e. The summed E-state index contributed by atoms with van der Waals surface area (Å²) in [6, 6.07) is 5.21. The number of fused-ring (bicyclic) bond motifs is 1. The van der Waals surface area contributed by atoms with Crippen LogP contribution in [0, 0.1) is 5.82 Å². The fraction of sp³-hybridized carbons (Fsp3) is 0.235. The SMILES string of the molecule is CCNC(=O)Cn1ncc2ncc(-c3ccc(F)c(C(F)F)c3)cc21. The lowest BCUT2D eigenvalue weighted by molar-refractivity contribution is -0.121. The molecule has 8 heteroatoms. The van der Waals surface area contributed by atoms with E-state index in [1.807, 2.05) is 6.92 Å². The fourth-order valence-electron chi connectivity index (χ4n) is 2.52. The minimum absolute atomic E-state index is 0.0220. The summed E-state index contributed by atoms with van der Waals surface area (Å²) in [5, 5.41) is 6.80. The first kappa shape index (κ1) is 16.9. The summed E-state index contributed by atoms with van der Waals surface area (Å²) < 4.78 is 40.7. The normalized spacial score (nSPS) is 11.2. The highest BCUT2D eigenvalue weighted by atomic mass is 19.3. The van der Waals surface area contributed by atoms with E-state index >= 15 is 0 Å². The maximum Gasteiger partial charge on any atom is 0.266 e. The molecule has 0 aliphatic rings. The average Bonchev–Trinajstić information content (AvgIpc) is 2.97. The Labute approximate surface area is 141 Å². The van der Waals surface area contributed by atoms with E-state index in [0.29, 0.717) is 28.7 Å². The molecule has 0 radical (unpaired) electrons. The molecule has 1 amide bonds. The van der Waals surface area contributed by atoms with Gasteiger partial charge >= 0.3 is 0 Å². The van der Waals surface area contributed by atoms with E-state index in [0.717, 1.165) is 12.1 Å². The first-order valence-electron chi connectivity index (χ1n) is 7.66. The van der Waals surface area contributed by atoms with Crippen molar-refractivity contribution in [2.75, 3.05) is 6.54 Å². The Kier molecular flexibility index (Phi) is 4.69. The van der Waals surface area contributed by atoms with Crippen molar-refractivity contribution in [3.8, 4) is 11.1 Å². The summed E-state index contributed by atoms with van der Waals surface area (Å²) in [5.41, 5.74) is 1.45. The van der Waals surface area contributed by atoms with Gasteiger partial charge < -0.3 is 5.32 Å². The van der Waals surface area contributed by atoms with Gasteiger partial charge in [-0.05, 0) is 30.7 Å². The number of nitrogens with zero attached hydrogens (tertiary/aromatic N) is 3. The molecule has 0 saturated heterocycles. The third-order valence-electron chi connectivity index (χ3n) is 3.73. The number of halogens is 3. The number of amides is 1. The number of alkyl halides is 2. The Balaban J connectivity index is 2.01. The van der Waals surface area contributed by atoms with Crippen molar-refractivity contribution >= 4 is 16.9 Å². The standard InChI is InChI=1S/C17H15F3N4O/c1-2-21-16(25)9-24-15-6-11(7-22-14(15)8-23-24)10-3-4-13(18)12(5-10)17(19)20/h3-8,17H,2,9H2,1H3,(H,21,25). The summed E-state index contributed by atoms with van der Waals surface area (Å²) in [6.45, 7) is 2.34. The zero-order chi connectivity index (χ0) is 18.0. The number of benzene rings is 1. The Bertz CT molecular complexity index is 923. The molecule has 0 bridgehead atoms. The molecule has 2 aromatic heterocycles. The predicted octanol–water partition coefficient (Wildman–Crippen LogP) is 3.31. The van der Waals surface area contributed by atoms with E-state index in [1.54, 1.807) is 6.07 Å². The summed E-state index contributed by atoms with van der Waals surface area (Å²) in [7, 11) is 0. The summed E-state index contributed by atoms with van der Waals surface area (Å²) in [4.78, 5) is 16.0. The van der Waals surface area contributed by atoms with Gasteiger partial charge in [0.05, 0.1) is 17.3 Å². The van der Waals surface area contributed by atoms with Gasteiger partial charge in [0.2, 0.25) is 5.91 Å². The van der Waals surface area contributed by atoms with Crippen molar-refractivity contribution in [2.24, 2.45) is 0 Å². The molecule has 25 heavy (non-hydrogen) atoms. The number of hydrogen-bond acceptors (Lipinski definition) is 3. The van der Waals surface area contributed by atoms with Gasteiger partial charge in [0.25, 0.3) is 6.43 Å². The monoisotopic (exact) mass is 348 g/mol. The molecule has 0 saturated carbocycles. The zero-order valence-corrected chi connectivity index (χ0v) is 13.3. The maximum absolute atomic E-state index is 13.5. The zero-order valence-electron chi connectivity index (χ0n) is 13.3. The van der Waals surface area contributed by atoms with Crippen molar-refractivity contribution < 1.29 is 18.0 Å². The number of hydrogen-bond donors (Lipinski definition) is 1. The number of carbonyl (C=O) groups is 1. The molecule has 1 N–H and O–H groups in total. The molecular weight excluding hydrogens is 333 g/mol. The first-order valence-corrected chi connectivity index (χ1v) is 7.66. The van der Waals surface area contributed by atoms with Crippen LogP contribution in [-0.4, -0.2) is 27.2 Å². The van der Waals surface area contributed by atoms with Gasteiger partial charge in [-0.2, -0.15) is 5.10 Å². The molecule has 3 aromatic rings. The van der Waals surface area contributed by atoms with Crippen LogP contribution in [0.25, 0.3) is 22.2 Å². The molecule has 0 atom stereocenters. The molecule has 0 aliphatic heterocycles. The van der Waals surface area contributed by atoms with E-state index in [2.05, 4.69) is 15.4 Å². The van der Waals surface area contributed by atoms with Crippen LogP contribution in [-0.2, 0) is 11.3 Å². The van der Waals surface area contributed by atoms with Crippen molar-refractivity contribution in [1.29, 1.82) is 0 Å². The number of rotatable bonds is 5. The molecule has 0 spiro atoms. The largest absolute Gasteiger partial charge is 0.355 e. The highest BCUT2D eigenvalue weighted by Gasteiger charge is 2.15. The number of aromatic nitrogens is 3. The lowest BCUT2D eigenvalue weighted by Crippen LogP contribution is -2.27. The van der Waals surface area contributed by atoms with E-state index in [-0.39, 0.29) is 12.5 Å². The molecule has 2 heterocycles. The highest BCUT2D eigenvalue weighted by Crippen LogP contribution is 2.29. The van der Waals surface area contributed by atoms with Crippen molar-refractivity contribution in [3.63, 3.8) is 0 Å². The number of likely N-dealkylation sites (N-methyl/N-ethyl adjacent to an activating group) is 1. The maximum atomic E-state index is 13.5. The Morgan fingerprint density at radius 3 is 2.76 bits per heavy atom. The van der Waals surface area contributed by atoms with Gasteiger partial charge in [-0.3, -0.25) is 14.5 Å². The highest BCUT2D eigenvalue weighted by molar-refractivity contribution is 5.83. The fourth-order valence-corrected chi connectivity index (χ4v) is 2.52. The lowest BCUT2D eigenvalue weighted by Gasteiger charge is -2.08. The summed E-state index contributed by atoms with van der Waals surface area (Å²) in [5.74, 6) is -1.14. The molecule has 1 aromatic carbocycles. The van der Waals surface area contributed by atoms with Crippen molar-refractivity contribution in [1.82, 2.24) is 20.1 Å². The topological polar surface area (TPSA) is 59.8 Å². The Morgan fingerprint density at radius 2 is 2.04 bits per heavy atom. The molecule has 130 valence electrons. The molecule has 5 nitrogen and oxygen atoms in total. The van der Waals surface area contributed by atoms with Crippen molar-refractivity contribution in [3.05, 3.63) is 48.0 Å². The first-order chi connectivity index (χ1) is 12.0. The quantitative estimate of drug-likeness (QED) is 0.770. The second kappa shape index (κ2) is 6.92. The van der Waals surface area contributed by atoms with E-state index in [4.69, 9.17) is 0 Å². The molecule has 3 rings (SSSR count). The second-order valence-corrected chi connectivity index (χ2v) is 5.42.